The van der Waals surface area contributed by atoms with Crippen molar-refractivity contribution in [1.29, 1.82) is 0 Å². The number of para-hydroxylation sites is 1. The minimum absolute atomic E-state index is 0.522. The Kier molecular flexibility index (Phi) is 5.89. The number of ether oxygens (including phenoxy) is 3. The second kappa shape index (κ2) is 9.00. The predicted molar refractivity (Wildman–Crippen MR) is 130 cm³/mol. The third-order valence-electron chi connectivity index (χ3n) is 6.19. The van der Waals surface area contributed by atoms with Crippen molar-refractivity contribution in [2.75, 3.05) is 27.9 Å². The van der Waals surface area contributed by atoms with E-state index in [9.17, 15) is 9.90 Å². The Labute approximate surface area is 200 Å². The van der Waals surface area contributed by atoms with Crippen LogP contribution in [0.15, 0.2) is 42.6 Å². The molecule has 1 aliphatic heterocycles. The number of H-pyrrole nitrogens is 1. The van der Waals surface area contributed by atoms with Crippen molar-refractivity contribution in [3.05, 3.63) is 58.7 Å². The number of methoxy groups -OCH3 is 3. The number of aromatic amines is 1. The van der Waals surface area contributed by atoms with E-state index < -0.39 is 12.0 Å². The van der Waals surface area contributed by atoms with Gasteiger partial charge in [-0.2, -0.15) is 0 Å². The first-order valence-corrected chi connectivity index (χ1v) is 11.7. The number of nitrogens with one attached hydrogen (secondary N) is 1. The Morgan fingerprint density at radius 1 is 1.15 bits per heavy atom. The molecule has 0 spiro atoms. The fourth-order valence-electron chi connectivity index (χ4n) is 4.57. The monoisotopic (exact) mass is 479 g/mol. The lowest BCUT2D eigenvalue weighted by molar-refractivity contribution is -0.144. The van der Waals surface area contributed by atoms with Crippen LogP contribution in [-0.4, -0.2) is 53.8 Å². The van der Waals surface area contributed by atoms with Gasteiger partial charge in [0, 0.05) is 52.6 Å². The number of aliphatic carboxylic acids is 1. The molecule has 0 saturated heterocycles. The molecule has 2 N–H and O–H groups in total. The number of hydrogen-bond donors (Lipinski definition) is 2. The molecule has 1 atom stereocenters. The third-order valence-corrected chi connectivity index (χ3v) is 7.32. The van der Waals surface area contributed by atoms with E-state index in [1.54, 1.807) is 32.7 Å². The first-order valence-electron chi connectivity index (χ1n) is 10.9. The van der Waals surface area contributed by atoms with Crippen molar-refractivity contribution in [2.24, 2.45) is 0 Å². The Morgan fingerprint density at radius 3 is 2.56 bits per heavy atom. The van der Waals surface area contributed by atoms with Crippen LogP contribution in [-0.2, 0) is 17.8 Å². The molecule has 0 fully saturated rings. The van der Waals surface area contributed by atoms with Crippen molar-refractivity contribution < 1.29 is 24.1 Å². The van der Waals surface area contributed by atoms with Gasteiger partial charge in [-0.15, -0.1) is 11.3 Å². The minimum Gasteiger partial charge on any atom is -0.493 e. The maximum atomic E-state index is 12.4. The molecule has 0 radical (unpaired) electrons. The number of thiazole rings is 1. The van der Waals surface area contributed by atoms with Gasteiger partial charge in [-0.1, -0.05) is 18.2 Å². The molecule has 34 heavy (non-hydrogen) atoms. The Balaban J connectivity index is 1.48. The van der Waals surface area contributed by atoms with Gasteiger partial charge in [0.15, 0.2) is 11.5 Å². The quantitative estimate of drug-likeness (QED) is 0.403. The lowest BCUT2D eigenvalue weighted by atomic mass is 10.0. The summed E-state index contributed by atoms with van der Waals surface area (Å²) in [5.41, 5.74) is 3.59. The zero-order chi connectivity index (χ0) is 23.8. The summed E-state index contributed by atoms with van der Waals surface area (Å²) in [7, 11) is 4.74. The van der Waals surface area contributed by atoms with Crippen molar-refractivity contribution in [3.63, 3.8) is 0 Å². The fourth-order valence-corrected chi connectivity index (χ4v) is 5.69. The standard InChI is InChI=1S/C25H25N3O5S/c1-31-19-10-14(11-20(32-2)23(19)33-3)24-27-18-8-9-28(13-21(18)34-24)22(25(29)30)16-12-26-17-7-5-4-6-15(16)17/h4-7,10-12,22,26H,8-9,13H2,1-3H3,(H,29,30). The average molecular weight is 480 g/mol. The van der Waals surface area contributed by atoms with Crippen LogP contribution in [0, 0.1) is 0 Å². The van der Waals surface area contributed by atoms with E-state index in [0.29, 0.717) is 36.8 Å². The second-order valence-electron chi connectivity index (χ2n) is 8.05. The van der Waals surface area contributed by atoms with Gasteiger partial charge in [0.2, 0.25) is 5.75 Å². The summed E-state index contributed by atoms with van der Waals surface area (Å²) in [6, 6.07) is 10.8. The smallest absolute Gasteiger partial charge is 0.325 e. The number of carboxylic acids is 1. The summed E-state index contributed by atoms with van der Waals surface area (Å²) < 4.78 is 16.4. The maximum absolute atomic E-state index is 12.4. The van der Waals surface area contributed by atoms with Gasteiger partial charge < -0.3 is 24.3 Å². The van der Waals surface area contributed by atoms with E-state index in [1.165, 1.54) is 0 Å². The van der Waals surface area contributed by atoms with Crippen LogP contribution in [0.2, 0.25) is 0 Å². The number of rotatable bonds is 7. The van der Waals surface area contributed by atoms with Crippen LogP contribution < -0.4 is 14.2 Å². The predicted octanol–water partition coefficient (Wildman–Crippen LogP) is 4.50. The minimum atomic E-state index is -0.859. The number of aromatic nitrogens is 2. The van der Waals surface area contributed by atoms with E-state index >= 15 is 0 Å². The molecular formula is C25H25N3O5S. The molecule has 0 bridgehead atoms. The molecule has 0 amide bonds. The van der Waals surface area contributed by atoms with Gasteiger partial charge in [0.1, 0.15) is 11.0 Å². The summed E-state index contributed by atoms with van der Waals surface area (Å²) in [6.07, 6.45) is 2.50. The van der Waals surface area contributed by atoms with Gasteiger partial charge in [-0.05, 0) is 18.2 Å². The summed E-state index contributed by atoms with van der Waals surface area (Å²) in [5.74, 6) is 0.806. The van der Waals surface area contributed by atoms with Gasteiger partial charge in [-0.25, -0.2) is 4.98 Å². The highest BCUT2D eigenvalue weighted by molar-refractivity contribution is 7.15. The summed E-state index contributed by atoms with van der Waals surface area (Å²) in [5, 5.41) is 11.9. The molecule has 3 heterocycles. The summed E-state index contributed by atoms with van der Waals surface area (Å²) >= 11 is 1.57. The number of nitrogens with zero attached hydrogens (tertiary/aromatic N) is 2. The second-order valence-corrected chi connectivity index (χ2v) is 9.14. The Bertz CT molecular complexity index is 1340. The van der Waals surface area contributed by atoms with E-state index in [4.69, 9.17) is 19.2 Å². The number of carbonyl (C=O) groups is 1. The lowest BCUT2D eigenvalue weighted by Crippen LogP contribution is -2.37. The van der Waals surface area contributed by atoms with E-state index in [1.807, 2.05) is 47.5 Å². The zero-order valence-electron chi connectivity index (χ0n) is 19.1. The molecular weight excluding hydrogens is 454 g/mol. The average Bonchev–Trinajstić information content (AvgIpc) is 3.47. The molecule has 4 aromatic rings. The first-order chi connectivity index (χ1) is 16.5. The van der Waals surface area contributed by atoms with Crippen LogP contribution in [0.4, 0.5) is 0 Å². The van der Waals surface area contributed by atoms with Crippen molar-refractivity contribution in [3.8, 4) is 27.8 Å². The van der Waals surface area contributed by atoms with Gasteiger partial charge >= 0.3 is 5.97 Å². The van der Waals surface area contributed by atoms with Gasteiger partial charge in [-0.3, -0.25) is 9.69 Å². The Hall–Kier alpha value is -3.56. The highest BCUT2D eigenvalue weighted by Gasteiger charge is 2.33. The van der Waals surface area contributed by atoms with Crippen molar-refractivity contribution in [1.82, 2.24) is 14.9 Å². The fraction of sp³-hybridized carbons (Fsp3) is 0.280. The van der Waals surface area contributed by atoms with E-state index in [2.05, 4.69) is 4.98 Å². The van der Waals surface area contributed by atoms with Crippen molar-refractivity contribution in [2.45, 2.75) is 19.0 Å². The van der Waals surface area contributed by atoms with Crippen LogP contribution in [0.1, 0.15) is 22.2 Å². The number of benzene rings is 2. The molecule has 1 aliphatic rings. The summed E-state index contributed by atoms with van der Waals surface area (Å²) in [6.45, 7) is 1.13. The van der Waals surface area contributed by atoms with Crippen LogP contribution >= 0.6 is 11.3 Å². The summed E-state index contributed by atoms with van der Waals surface area (Å²) in [4.78, 5) is 23.5. The number of fused-ring (bicyclic) bond motifs is 2. The normalized spacial score (nSPS) is 14.6. The van der Waals surface area contributed by atoms with Gasteiger partial charge in [0.25, 0.3) is 0 Å². The molecule has 9 heteroatoms. The largest absolute Gasteiger partial charge is 0.493 e. The van der Waals surface area contributed by atoms with Crippen LogP contribution in [0.5, 0.6) is 17.2 Å². The lowest BCUT2D eigenvalue weighted by Gasteiger charge is -2.31. The highest BCUT2D eigenvalue weighted by Crippen LogP contribution is 2.43. The molecule has 0 aliphatic carbocycles. The molecule has 176 valence electrons. The molecule has 1 unspecified atom stereocenters. The van der Waals surface area contributed by atoms with Crippen LogP contribution in [0.25, 0.3) is 21.5 Å². The van der Waals surface area contributed by atoms with Crippen molar-refractivity contribution >= 4 is 28.2 Å². The number of hydrogen-bond acceptors (Lipinski definition) is 7. The third kappa shape index (κ3) is 3.76. The highest BCUT2D eigenvalue weighted by atomic mass is 32.1. The molecule has 2 aromatic carbocycles. The van der Waals surface area contributed by atoms with Gasteiger partial charge in [0.05, 0.1) is 27.0 Å². The van der Waals surface area contributed by atoms with Crippen LogP contribution in [0.3, 0.4) is 0 Å². The Morgan fingerprint density at radius 2 is 1.88 bits per heavy atom. The molecule has 8 nitrogen and oxygen atoms in total. The molecule has 0 saturated carbocycles. The number of carboxylic acid groups (broad SMARTS) is 1. The molecule has 2 aromatic heterocycles. The van der Waals surface area contributed by atoms with E-state index in [-0.39, 0.29) is 0 Å². The zero-order valence-corrected chi connectivity index (χ0v) is 19.9. The molecule has 5 rings (SSSR count). The van der Waals surface area contributed by atoms with E-state index in [0.717, 1.165) is 37.6 Å². The first kappa shape index (κ1) is 22.2. The SMILES string of the molecule is COc1cc(-c2nc3c(s2)CN(C(C(=O)O)c2c[nH]c4ccccc24)CC3)cc(OC)c1OC. The maximum Gasteiger partial charge on any atom is 0.325 e. The topological polar surface area (TPSA) is 96.9 Å².